The minimum atomic E-state index is 0.587. The second kappa shape index (κ2) is 15.2. The van der Waals surface area contributed by atoms with E-state index in [0.29, 0.717) is 10.6 Å². The third-order valence-corrected chi connectivity index (χ3v) is 4.49. The van der Waals surface area contributed by atoms with Crippen LogP contribution in [0.4, 0.5) is 11.4 Å². The number of nitrogens with one attached hydrogen (secondary N) is 2. The Morgan fingerprint density at radius 2 is 2.07 bits per heavy atom. The van der Waals surface area contributed by atoms with Crippen molar-refractivity contribution in [2.75, 3.05) is 11.9 Å². The van der Waals surface area contributed by atoms with Gasteiger partial charge >= 0.3 is 0 Å². The lowest BCUT2D eigenvalue weighted by molar-refractivity contribution is 0.112. The van der Waals surface area contributed by atoms with Gasteiger partial charge in [0.1, 0.15) is 4.83 Å². The summed E-state index contributed by atoms with van der Waals surface area (Å²) in [6.45, 7) is 12.4. The van der Waals surface area contributed by atoms with E-state index in [9.17, 15) is 4.79 Å². The van der Waals surface area contributed by atoms with Crippen LogP contribution in [0, 0.1) is 12.8 Å². The highest BCUT2D eigenvalue weighted by Crippen LogP contribution is 2.39. The summed E-state index contributed by atoms with van der Waals surface area (Å²) in [5, 5.41) is 7.34. The van der Waals surface area contributed by atoms with Crippen molar-refractivity contribution in [3.05, 3.63) is 41.6 Å². The van der Waals surface area contributed by atoms with Crippen LogP contribution in [0.3, 0.4) is 0 Å². The van der Waals surface area contributed by atoms with E-state index in [1.54, 1.807) is 12.5 Å². The second-order valence-corrected chi connectivity index (χ2v) is 6.50. The molecule has 0 atom stereocenters. The summed E-state index contributed by atoms with van der Waals surface area (Å²) in [4.78, 5) is 21.5. The maximum Gasteiger partial charge on any atom is 0.162 e. The Morgan fingerprint density at radius 3 is 2.61 bits per heavy atom. The molecule has 2 aromatic heterocycles. The van der Waals surface area contributed by atoms with E-state index >= 15 is 0 Å². The van der Waals surface area contributed by atoms with Gasteiger partial charge in [-0.3, -0.25) is 4.79 Å². The fourth-order valence-electron chi connectivity index (χ4n) is 1.92. The molecule has 150 valence electrons. The van der Waals surface area contributed by atoms with Gasteiger partial charge in [-0.1, -0.05) is 26.0 Å². The molecular formula is C22H30N4OS. The molecule has 2 heterocycles. The van der Waals surface area contributed by atoms with Crippen LogP contribution in [0.15, 0.2) is 41.7 Å². The van der Waals surface area contributed by atoms with E-state index in [2.05, 4.69) is 53.9 Å². The van der Waals surface area contributed by atoms with Gasteiger partial charge in [0.15, 0.2) is 6.29 Å². The molecule has 0 aliphatic rings. The number of allylic oxidation sites excluding steroid dienone is 3. The van der Waals surface area contributed by atoms with Crippen LogP contribution in [0.25, 0.3) is 10.2 Å². The van der Waals surface area contributed by atoms with Crippen molar-refractivity contribution in [1.29, 1.82) is 0 Å². The van der Waals surface area contributed by atoms with Gasteiger partial charge in [0.2, 0.25) is 0 Å². The lowest BCUT2D eigenvalue weighted by Crippen LogP contribution is -2.06. The monoisotopic (exact) mass is 398 g/mol. The summed E-state index contributed by atoms with van der Waals surface area (Å²) in [6, 6.07) is 1.92. The van der Waals surface area contributed by atoms with Crippen LogP contribution < -0.4 is 10.6 Å². The number of hydrogen-bond acceptors (Lipinski definition) is 5. The number of aliphatic imine (C=N–C) groups is 1. The molecule has 2 aromatic rings. The molecule has 6 heteroatoms. The Hall–Kier alpha value is -2.91. The van der Waals surface area contributed by atoms with Gasteiger partial charge in [-0.25, -0.2) is 9.98 Å². The molecule has 2 N–H and O–H groups in total. The first-order valence-corrected chi connectivity index (χ1v) is 9.91. The first kappa shape index (κ1) is 25.1. The van der Waals surface area contributed by atoms with Gasteiger partial charge in [-0.15, -0.1) is 30.8 Å². The van der Waals surface area contributed by atoms with Crippen LogP contribution in [-0.2, 0) is 0 Å². The summed E-state index contributed by atoms with van der Waals surface area (Å²) in [6.07, 6.45) is 18.1. The highest BCUT2D eigenvalue weighted by Gasteiger charge is 2.15. The van der Waals surface area contributed by atoms with Crippen molar-refractivity contribution in [3.63, 3.8) is 0 Å². The number of terminal acetylenes is 1. The number of carbonyl (C=O) groups excluding carboxylic acids is 1. The predicted molar refractivity (Wildman–Crippen MR) is 125 cm³/mol. The summed E-state index contributed by atoms with van der Waals surface area (Å²) >= 11 is 1.36. The van der Waals surface area contributed by atoms with Gasteiger partial charge in [0.25, 0.3) is 0 Å². The highest BCUT2D eigenvalue weighted by molar-refractivity contribution is 7.21. The number of thiophene rings is 1. The quantitative estimate of drug-likeness (QED) is 0.190. The Labute approximate surface area is 172 Å². The zero-order valence-corrected chi connectivity index (χ0v) is 18.0. The zero-order chi connectivity index (χ0) is 21.4. The topological polar surface area (TPSA) is 66.4 Å². The number of anilines is 1. The summed E-state index contributed by atoms with van der Waals surface area (Å²) in [7, 11) is 0. The third kappa shape index (κ3) is 7.77. The predicted octanol–water partition coefficient (Wildman–Crippen LogP) is 5.94. The summed E-state index contributed by atoms with van der Waals surface area (Å²) in [5.41, 5.74) is 2.63. The fraction of sp³-hybridized carbons (Fsp3) is 0.318. The van der Waals surface area contributed by atoms with Gasteiger partial charge in [0.05, 0.1) is 22.3 Å². The molecule has 0 spiro atoms. The molecule has 0 fully saturated rings. The van der Waals surface area contributed by atoms with Crippen LogP contribution >= 0.6 is 11.3 Å². The molecule has 0 unspecified atom stereocenters. The number of hydrogen-bond donors (Lipinski definition) is 2. The molecule has 0 aromatic carbocycles. The first-order valence-electron chi connectivity index (χ1n) is 9.09. The zero-order valence-electron chi connectivity index (χ0n) is 17.2. The molecule has 0 radical (unpaired) electrons. The minimum Gasteiger partial charge on any atom is -0.384 e. The van der Waals surface area contributed by atoms with E-state index in [0.717, 1.165) is 47.3 Å². The van der Waals surface area contributed by atoms with Crippen molar-refractivity contribution in [2.45, 2.75) is 40.5 Å². The van der Waals surface area contributed by atoms with E-state index in [1.807, 2.05) is 32.1 Å². The molecule has 0 saturated heterocycles. The SMILES string of the molecule is C#C.C/C=C(\C)NC=Nc1c(C=O)sc2nccc(NCCC)c12.C=CCC. The normalized spacial score (nSPS) is 10.4. The molecule has 0 aliphatic heterocycles. The lowest BCUT2D eigenvalue weighted by atomic mass is 10.2. The first-order chi connectivity index (χ1) is 13.6. The van der Waals surface area contributed by atoms with Gasteiger partial charge in [0, 0.05) is 24.1 Å². The van der Waals surface area contributed by atoms with Crippen molar-refractivity contribution < 1.29 is 4.79 Å². The Balaban J connectivity index is 0.00000108. The summed E-state index contributed by atoms with van der Waals surface area (Å²) < 4.78 is 0. The number of aldehydes is 1. The van der Waals surface area contributed by atoms with Crippen LogP contribution in [0.5, 0.6) is 0 Å². The largest absolute Gasteiger partial charge is 0.384 e. The van der Waals surface area contributed by atoms with Crippen LogP contribution in [-0.4, -0.2) is 24.2 Å². The molecule has 2 rings (SSSR count). The van der Waals surface area contributed by atoms with Crippen LogP contribution in [0.1, 0.15) is 50.2 Å². The van der Waals surface area contributed by atoms with Gasteiger partial charge in [-0.2, -0.15) is 0 Å². The molecule has 0 amide bonds. The standard InChI is InChI=1S/C16H20N4OS.C4H8.C2H2/c1-4-7-17-12-6-8-18-16-14(12)15(13(9-21)22-16)20-10-19-11(3)5-2;1-3-4-2;1-2/h5-6,8-10H,4,7H2,1-3H3,(H,17,18)(H,19,20);3H,1,4H2,2H3;1-2H/b11-5+;;. The molecule has 0 bridgehead atoms. The Bertz CT molecular complexity index is 819. The van der Waals surface area contributed by atoms with E-state index in [4.69, 9.17) is 0 Å². The van der Waals surface area contributed by atoms with E-state index in [1.165, 1.54) is 11.3 Å². The van der Waals surface area contributed by atoms with Crippen LogP contribution in [0.2, 0.25) is 0 Å². The van der Waals surface area contributed by atoms with Gasteiger partial charge < -0.3 is 10.6 Å². The number of aromatic nitrogens is 1. The van der Waals surface area contributed by atoms with E-state index in [-0.39, 0.29) is 0 Å². The molecular weight excluding hydrogens is 368 g/mol. The minimum absolute atomic E-state index is 0.587. The maximum absolute atomic E-state index is 11.3. The van der Waals surface area contributed by atoms with Crippen molar-refractivity contribution in [2.24, 2.45) is 4.99 Å². The molecule has 28 heavy (non-hydrogen) atoms. The smallest absolute Gasteiger partial charge is 0.162 e. The second-order valence-electron chi connectivity index (χ2n) is 5.47. The number of nitrogens with zero attached hydrogens (tertiary/aromatic N) is 2. The summed E-state index contributed by atoms with van der Waals surface area (Å²) in [5.74, 6) is 0. The number of carbonyl (C=O) groups is 1. The maximum atomic E-state index is 11.3. The lowest BCUT2D eigenvalue weighted by Gasteiger charge is -2.06. The Morgan fingerprint density at radius 1 is 1.39 bits per heavy atom. The van der Waals surface area contributed by atoms with Crippen molar-refractivity contribution in [1.82, 2.24) is 10.3 Å². The van der Waals surface area contributed by atoms with Crippen molar-refractivity contribution in [3.8, 4) is 12.8 Å². The molecule has 0 aliphatic carbocycles. The third-order valence-electron chi connectivity index (χ3n) is 3.47. The van der Waals surface area contributed by atoms with Gasteiger partial charge in [-0.05, 0) is 32.8 Å². The number of pyridine rings is 1. The molecule has 0 saturated carbocycles. The number of rotatable bonds is 8. The average molecular weight is 399 g/mol. The van der Waals surface area contributed by atoms with E-state index < -0.39 is 0 Å². The molecule has 5 nitrogen and oxygen atoms in total. The fourth-order valence-corrected chi connectivity index (χ4v) is 2.85. The Kier molecular flexibility index (Phi) is 13.6. The average Bonchev–Trinajstić information content (AvgIpc) is 3.12. The highest BCUT2D eigenvalue weighted by atomic mass is 32.1. The number of fused-ring (bicyclic) bond motifs is 1. The van der Waals surface area contributed by atoms with Crippen molar-refractivity contribution >= 4 is 45.6 Å².